The summed E-state index contributed by atoms with van der Waals surface area (Å²) >= 11 is 0. The van der Waals surface area contributed by atoms with Crippen LogP contribution in [0.1, 0.15) is 49.7 Å². The smallest absolute Gasteiger partial charge is 0.313 e. The molecule has 4 rings (SSSR count). The predicted octanol–water partition coefficient (Wildman–Crippen LogP) is 3.28. The van der Waals surface area contributed by atoms with E-state index in [0.717, 1.165) is 50.0 Å². The zero-order valence-electron chi connectivity index (χ0n) is 14.2. The van der Waals surface area contributed by atoms with Crippen molar-refractivity contribution < 1.29 is 9.53 Å². The van der Waals surface area contributed by atoms with Gasteiger partial charge in [-0.25, -0.2) is 0 Å². The highest BCUT2D eigenvalue weighted by Gasteiger charge is 2.56. The van der Waals surface area contributed by atoms with Gasteiger partial charge < -0.3 is 10.1 Å². The first-order valence-electron chi connectivity index (χ1n) is 9.11. The fourth-order valence-corrected chi connectivity index (χ4v) is 5.23. The Balaban J connectivity index is 1.39. The molecule has 2 fully saturated rings. The molecule has 1 aromatic carbocycles. The van der Waals surface area contributed by atoms with Crippen LogP contribution < -0.4 is 5.32 Å². The third kappa shape index (κ3) is 2.24. The van der Waals surface area contributed by atoms with E-state index in [4.69, 9.17) is 4.74 Å². The summed E-state index contributed by atoms with van der Waals surface area (Å²) in [7, 11) is 1.53. The zero-order valence-corrected chi connectivity index (χ0v) is 14.2. The first-order chi connectivity index (χ1) is 11.2. The predicted molar refractivity (Wildman–Crippen MR) is 90.2 cm³/mol. The Morgan fingerprint density at radius 1 is 1.39 bits per heavy atom. The van der Waals surface area contributed by atoms with E-state index in [1.165, 1.54) is 13.5 Å². The molecular weight excluding hydrogens is 286 g/mol. The molecule has 2 saturated carbocycles. The van der Waals surface area contributed by atoms with Gasteiger partial charge in [-0.3, -0.25) is 4.79 Å². The number of carbonyl (C=O) groups is 1. The molecule has 0 aromatic heterocycles. The van der Waals surface area contributed by atoms with E-state index in [9.17, 15) is 4.79 Å². The number of ether oxygens (including phenoxy) is 1. The molecule has 0 unspecified atom stereocenters. The largest absolute Gasteiger partial charge is 0.469 e. The Morgan fingerprint density at radius 3 is 2.83 bits per heavy atom. The lowest BCUT2D eigenvalue weighted by Crippen LogP contribution is -2.55. The Hall–Kier alpha value is -1.35. The Bertz CT molecular complexity index is 607. The summed E-state index contributed by atoms with van der Waals surface area (Å²) < 4.78 is 5.10. The molecule has 3 nitrogen and oxygen atoms in total. The van der Waals surface area contributed by atoms with Crippen LogP contribution in [-0.2, 0) is 16.0 Å². The standard InChI is InChI=1S/C20H27NO2/c1-3-17(20(9-6-10-20)19(22)23-2)21-12-16-15-11-13-7-4-5-8-14(13)18(15)16/h4-5,7-8,15-18,21H,3,6,9-12H2,1-2H3/t15-,16-,17+,18-/m1/s1. The van der Waals surface area contributed by atoms with E-state index in [-0.39, 0.29) is 17.4 Å². The lowest BCUT2D eigenvalue weighted by atomic mass is 9.63. The number of nitrogens with one attached hydrogen (secondary N) is 1. The number of hydrogen-bond donors (Lipinski definition) is 1. The van der Waals surface area contributed by atoms with Crippen molar-refractivity contribution in [1.82, 2.24) is 5.32 Å². The summed E-state index contributed by atoms with van der Waals surface area (Å²) in [5.41, 5.74) is 2.87. The summed E-state index contributed by atoms with van der Waals surface area (Å²) in [6.07, 6.45) is 5.34. The molecule has 3 aliphatic rings. The highest BCUT2D eigenvalue weighted by atomic mass is 16.5. The van der Waals surface area contributed by atoms with E-state index in [0.29, 0.717) is 0 Å². The number of rotatable bonds is 6. The van der Waals surface area contributed by atoms with Gasteiger partial charge in [0.05, 0.1) is 12.5 Å². The first kappa shape index (κ1) is 15.2. The molecule has 0 heterocycles. The van der Waals surface area contributed by atoms with Gasteiger partial charge in [-0.2, -0.15) is 0 Å². The summed E-state index contributed by atoms with van der Waals surface area (Å²) in [6, 6.07) is 9.17. The minimum atomic E-state index is -0.259. The zero-order chi connectivity index (χ0) is 16.0. The third-order valence-corrected chi connectivity index (χ3v) is 6.71. The quantitative estimate of drug-likeness (QED) is 0.819. The van der Waals surface area contributed by atoms with Crippen molar-refractivity contribution in [2.45, 2.75) is 51.0 Å². The van der Waals surface area contributed by atoms with Crippen LogP contribution in [0.3, 0.4) is 0 Å². The van der Waals surface area contributed by atoms with Crippen LogP contribution in [0.5, 0.6) is 0 Å². The normalized spacial score (nSPS) is 30.8. The van der Waals surface area contributed by atoms with Crippen LogP contribution in [0.25, 0.3) is 0 Å². The number of carbonyl (C=O) groups excluding carboxylic acids is 1. The number of benzene rings is 1. The van der Waals surface area contributed by atoms with Gasteiger partial charge in [-0.05, 0) is 61.1 Å². The van der Waals surface area contributed by atoms with Crippen molar-refractivity contribution in [3.63, 3.8) is 0 Å². The molecular formula is C20H27NO2. The summed E-state index contributed by atoms with van der Waals surface area (Å²) in [4.78, 5) is 12.3. The second-order valence-electron chi connectivity index (χ2n) is 7.63. The molecule has 0 amide bonds. The van der Waals surface area contributed by atoms with Crippen molar-refractivity contribution in [3.05, 3.63) is 35.4 Å². The van der Waals surface area contributed by atoms with E-state index in [1.54, 1.807) is 11.1 Å². The minimum absolute atomic E-state index is 0.00978. The number of fused-ring (bicyclic) bond motifs is 3. The van der Waals surface area contributed by atoms with Gasteiger partial charge in [0, 0.05) is 6.04 Å². The van der Waals surface area contributed by atoms with Crippen LogP contribution in [0.2, 0.25) is 0 Å². The van der Waals surface area contributed by atoms with Crippen LogP contribution in [-0.4, -0.2) is 25.7 Å². The average molecular weight is 313 g/mol. The Morgan fingerprint density at radius 2 is 2.17 bits per heavy atom. The molecule has 0 aliphatic heterocycles. The van der Waals surface area contributed by atoms with Crippen molar-refractivity contribution in [2.75, 3.05) is 13.7 Å². The first-order valence-corrected chi connectivity index (χ1v) is 9.11. The summed E-state index contributed by atoms with van der Waals surface area (Å²) in [5.74, 6) is 2.33. The molecule has 0 bridgehead atoms. The molecule has 124 valence electrons. The van der Waals surface area contributed by atoms with E-state index >= 15 is 0 Å². The second kappa shape index (κ2) is 5.62. The minimum Gasteiger partial charge on any atom is -0.469 e. The van der Waals surface area contributed by atoms with Crippen LogP contribution in [0.15, 0.2) is 24.3 Å². The van der Waals surface area contributed by atoms with Gasteiger partial charge in [-0.15, -0.1) is 0 Å². The van der Waals surface area contributed by atoms with Gasteiger partial charge in [0.1, 0.15) is 0 Å². The molecule has 23 heavy (non-hydrogen) atoms. The maximum Gasteiger partial charge on any atom is 0.313 e. The van der Waals surface area contributed by atoms with Crippen molar-refractivity contribution in [3.8, 4) is 0 Å². The maximum absolute atomic E-state index is 12.3. The Kier molecular flexibility index (Phi) is 3.72. The fourth-order valence-electron chi connectivity index (χ4n) is 5.23. The lowest BCUT2D eigenvalue weighted by molar-refractivity contribution is -0.161. The lowest BCUT2D eigenvalue weighted by Gasteiger charge is -2.45. The molecule has 1 aromatic rings. The Labute approximate surface area is 138 Å². The van der Waals surface area contributed by atoms with Gasteiger partial charge in [-0.1, -0.05) is 37.6 Å². The number of hydrogen-bond acceptors (Lipinski definition) is 3. The van der Waals surface area contributed by atoms with E-state index in [1.807, 2.05) is 0 Å². The topological polar surface area (TPSA) is 38.3 Å². The molecule has 3 aliphatic carbocycles. The molecule has 0 radical (unpaired) electrons. The van der Waals surface area contributed by atoms with Gasteiger partial charge in [0.15, 0.2) is 0 Å². The summed E-state index contributed by atoms with van der Waals surface area (Å²) in [5, 5.41) is 3.75. The van der Waals surface area contributed by atoms with Gasteiger partial charge in [0.2, 0.25) is 0 Å². The second-order valence-corrected chi connectivity index (χ2v) is 7.63. The highest BCUT2D eigenvalue weighted by molar-refractivity contribution is 5.78. The average Bonchev–Trinajstić information content (AvgIpc) is 3.07. The fraction of sp³-hybridized carbons (Fsp3) is 0.650. The monoisotopic (exact) mass is 313 g/mol. The highest BCUT2D eigenvalue weighted by Crippen LogP contribution is 2.61. The number of esters is 1. The van der Waals surface area contributed by atoms with E-state index in [2.05, 4.69) is 36.5 Å². The van der Waals surface area contributed by atoms with E-state index < -0.39 is 0 Å². The molecule has 4 atom stereocenters. The SMILES string of the molecule is CC[C@H](NC[C@@H]1[C@H]2Cc3ccccc3[C@@H]12)C1(C(=O)OC)CCC1. The maximum atomic E-state index is 12.3. The van der Waals surface area contributed by atoms with Crippen LogP contribution >= 0.6 is 0 Å². The molecule has 0 spiro atoms. The van der Waals surface area contributed by atoms with Crippen molar-refractivity contribution >= 4 is 5.97 Å². The molecule has 0 saturated heterocycles. The summed E-state index contributed by atoms with van der Waals surface area (Å²) in [6.45, 7) is 3.23. The van der Waals surface area contributed by atoms with Gasteiger partial charge in [0.25, 0.3) is 0 Å². The molecule has 3 heteroatoms. The van der Waals surface area contributed by atoms with Crippen molar-refractivity contribution in [1.29, 1.82) is 0 Å². The van der Waals surface area contributed by atoms with Gasteiger partial charge >= 0.3 is 5.97 Å². The molecule has 1 N–H and O–H groups in total. The number of methoxy groups -OCH3 is 1. The van der Waals surface area contributed by atoms with Crippen LogP contribution in [0, 0.1) is 17.3 Å². The third-order valence-electron chi connectivity index (χ3n) is 6.71. The van der Waals surface area contributed by atoms with Crippen molar-refractivity contribution in [2.24, 2.45) is 17.3 Å². The van der Waals surface area contributed by atoms with Crippen LogP contribution in [0.4, 0.5) is 0 Å².